The van der Waals surface area contributed by atoms with Gasteiger partial charge in [0.2, 0.25) is 5.13 Å². The highest BCUT2D eigenvalue weighted by Gasteiger charge is 2.41. The van der Waals surface area contributed by atoms with Gasteiger partial charge in [0, 0.05) is 35.8 Å². The fourth-order valence-corrected chi connectivity index (χ4v) is 6.34. The third-order valence-electron chi connectivity index (χ3n) is 6.13. The minimum absolute atomic E-state index is 0.0518. The Morgan fingerprint density at radius 2 is 2.05 bits per heavy atom. The summed E-state index contributed by atoms with van der Waals surface area (Å²) in [6, 6.07) is 10.9. The van der Waals surface area contributed by atoms with E-state index in [-0.39, 0.29) is 22.9 Å². The second-order valence-electron chi connectivity index (χ2n) is 8.44. The topological polar surface area (TPSA) is 109 Å². The standard InChI is InChI=1S/C25H19F3N6OS2/c26-25(27,28)16-6-1-4-14(10-16)13-36-24-33-32-23(37-24)34-18-7-2-8-19(35)21(18)20(17(11-29)22(34)30)15-5-3-9-31-12-15/h1,3-6,9-10,12,20H,2,7-8,13,30H2/t20-/m0/s1. The summed E-state index contributed by atoms with van der Waals surface area (Å²) in [4.78, 5) is 18.9. The molecule has 0 saturated carbocycles. The van der Waals surface area contributed by atoms with Crippen LogP contribution in [0.4, 0.5) is 18.3 Å². The molecule has 12 heteroatoms. The molecule has 1 aliphatic heterocycles. The summed E-state index contributed by atoms with van der Waals surface area (Å²) in [5.74, 6) is -0.220. The minimum atomic E-state index is -4.41. The number of nitrogens with zero attached hydrogens (tertiary/aromatic N) is 5. The largest absolute Gasteiger partial charge is 0.416 e. The summed E-state index contributed by atoms with van der Waals surface area (Å²) in [5, 5.41) is 18.9. The molecule has 0 unspecified atom stereocenters. The zero-order valence-corrected chi connectivity index (χ0v) is 20.8. The molecule has 0 saturated heterocycles. The van der Waals surface area contributed by atoms with Crippen molar-refractivity contribution in [2.45, 2.75) is 41.4 Å². The van der Waals surface area contributed by atoms with Crippen LogP contribution in [0.15, 0.2) is 75.8 Å². The molecule has 2 aliphatic rings. The van der Waals surface area contributed by atoms with Gasteiger partial charge in [-0.05, 0) is 36.1 Å². The number of benzene rings is 1. The number of carbonyl (C=O) groups is 1. The smallest absolute Gasteiger partial charge is 0.384 e. The molecule has 0 spiro atoms. The number of carbonyl (C=O) groups excluding carboxylic acids is 1. The van der Waals surface area contributed by atoms with E-state index in [1.165, 1.54) is 29.2 Å². The molecule has 0 bridgehead atoms. The van der Waals surface area contributed by atoms with Crippen LogP contribution < -0.4 is 10.6 Å². The lowest BCUT2D eigenvalue weighted by Crippen LogP contribution is -2.38. The fraction of sp³-hybridized carbons (Fsp3) is 0.240. The number of hydrogen-bond acceptors (Lipinski definition) is 9. The third-order valence-corrected chi connectivity index (χ3v) is 8.25. The molecule has 3 aromatic rings. The zero-order valence-electron chi connectivity index (χ0n) is 19.2. The Bertz CT molecular complexity index is 1460. The number of aromatic nitrogens is 3. The molecule has 0 fully saturated rings. The van der Waals surface area contributed by atoms with Gasteiger partial charge in [-0.15, -0.1) is 10.2 Å². The lowest BCUT2D eigenvalue weighted by atomic mass is 9.76. The second kappa shape index (κ2) is 9.99. The van der Waals surface area contributed by atoms with E-state index >= 15 is 0 Å². The van der Waals surface area contributed by atoms with Crippen LogP contribution in [0.3, 0.4) is 0 Å². The van der Waals surface area contributed by atoms with E-state index in [2.05, 4.69) is 21.3 Å². The van der Waals surface area contributed by atoms with E-state index < -0.39 is 17.7 Å². The number of halogens is 3. The summed E-state index contributed by atoms with van der Waals surface area (Å²) in [6.07, 6.45) is 0.420. The number of pyridine rings is 1. The predicted molar refractivity (Wildman–Crippen MR) is 133 cm³/mol. The number of hydrogen-bond donors (Lipinski definition) is 1. The Kier molecular flexibility index (Phi) is 6.74. The van der Waals surface area contributed by atoms with Crippen molar-refractivity contribution in [3.8, 4) is 6.07 Å². The summed E-state index contributed by atoms with van der Waals surface area (Å²) in [5.41, 5.74) is 8.46. The van der Waals surface area contributed by atoms with E-state index in [0.717, 1.165) is 12.1 Å². The monoisotopic (exact) mass is 540 g/mol. The van der Waals surface area contributed by atoms with Crippen LogP contribution in [-0.2, 0) is 16.7 Å². The Hall–Kier alpha value is -3.69. The second-order valence-corrected chi connectivity index (χ2v) is 10.6. The summed E-state index contributed by atoms with van der Waals surface area (Å²) in [6.45, 7) is 0. The molecule has 0 amide bonds. The maximum Gasteiger partial charge on any atom is 0.416 e. The fourth-order valence-electron chi connectivity index (χ4n) is 4.52. The zero-order chi connectivity index (χ0) is 26.2. The van der Waals surface area contributed by atoms with Gasteiger partial charge in [0.05, 0.1) is 23.1 Å². The highest BCUT2D eigenvalue weighted by Crippen LogP contribution is 2.47. The predicted octanol–water partition coefficient (Wildman–Crippen LogP) is 5.55. The first-order valence-corrected chi connectivity index (χ1v) is 13.1. The number of allylic oxidation sites excluding steroid dienone is 3. The van der Waals surface area contributed by atoms with Crippen LogP contribution in [0.25, 0.3) is 0 Å². The minimum Gasteiger partial charge on any atom is -0.384 e. The van der Waals surface area contributed by atoms with Crippen LogP contribution in [-0.4, -0.2) is 21.0 Å². The van der Waals surface area contributed by atoms with E-state index in [1.54, 1.807) is 29.4 Å². The van der Waals surface area contributed by atoms with Gasteiger partial charge in [0.15, 0.2) is 10.1 Å². The number of Topliss-reactive ketones (excluding diaryl/α,β-unsaturated/α-hetero) is 1. The highest BCUT2D eigenvalue weighted by molar-refractivity contribution is 8.00. The molecule has 0 radical (unpaired) electrons. The van der Waals surface area contributed by atoms with Crippen LogP contribution in [0, 0.1) is 11.3 Å². The molecule has 1 atom stereocenters. The SMILES string of the molecule is N#CC1=C(N)N(c2nnc(SCc3cccc(C(F)(F)F)c3)s2)C2=C(C(=O)CCC2)[C@H]1c1cccnc1. The van der Waals surface area contributed by atoms with Gasteiger partial charge in [-0.25, -0.2) is 0 Å². The van der Waals surface area contributed by atoms with Crippen molar-refractivity contribution in [2.75, 3.05) is 4.90 Å². The lowest BCUT2D eigenvalue weighted by Gasteiger charge is -2.37. The van der Waals surface area contributed by atoms with Crippen molar-refractivity contribution >= 4 is 34.0 Å². The van der Waals surface area contributed by atoms with Crippen molar-refractivity contribution in [3.63, 3.8) is 0 Å². The highest BCUT2D eigenvalue weighted by atomic mass is 32.2. The van der Waals surface area contributed by atoms with Crippen molar-refractivity contribution in [3.05, 3.63) is 88.1 Å². The molecular weight excluding hydrogens is 521 g/mol. The maximum atomic E-state index is 13.1. The molecule has 37 heavy (non-hydrogen) atoms. The molecule has 188 valence electrons. The van der Waals surface area contributed by atoms with Gasteiger partial charge < -0.3 is 5.73 Å². The number of thioether (sulfide) groups is 1. The Labute approximate surface area is 218 Å². The average molecular weight is 541 g/mol. The van der Waals surface area contributed by atoms with Crippen LogP contribution >= 0.6 is 23.1 Å². The van der Waals surface area contributed by atoms with E-state index in [0.29, 0.717) is 51.1 Å². The first-order valence-electron chi connectivity index (χ1n) is 11.3. The maximum absolute atomic E-state index is 13.1. The van der Waals surface area contributed by atoms with Gasteiger partial charge in [-0.3, -0.25) is 14.7 Å². The van der Waals surface area contributed by atoms with E-state index in [4.69, 9.17) is 5.73 Å². The molecule has 1 aromatic carbocycles. The van der Waals surface area contributed by atoms with Crippen molar-refractivity contribution in [1.82, 2.24) is 15.2 Å². The van der Waals surface area contributed by atoms with Gasteiger partial charge in [-0.2, -0.15) is 18.4 Å². The van der Waals surface area contributed by atoms with Crippen LogP contribution in [0.1, 0.15) is 41.9 Å². The van der Waals surface area contributed by atoms with Gasteiger partial charge in [0.25, 0.3) is 0 Å². The van der Waals surface area contributed by atoms with Gasteiger partial charge in [-0.1, -0.05) is 47.4 Å². The van der Waals surface area contributed by atoms with Crippen molar-refractivity contribution in [2.24, 2.45) is 5.73 Å². The number of nitrogens with two attached hydrogens (primary N) is 1. The van der Waals surface area contributed by atoms with Crippen LogP contribution in [0.5, 0.6) is 0 Å². The summed E-state index contributed by atoms with van der Waals surface area (Å²) >= 11 is 2.45. The normalized spacial score (nSPS) is 18.2. The molecule has 2 N–H and O–H groups in total. The third kappa shape index (κ3) is 4.84. The Balaban J connectivity index is 1.47. The van der Waals surface area contributed by atoms with Crippen LogP contribution in [0.2, 0.25) is 0 Å². The number of nitriles is 1. The number of ketones is 1. The first-order chi connectivity index (χ1) is 17.8. The first kappa shape index (κ1) is 25.0. The van der Waals surface area contributed by atoms with E-state index in [9.17, 15) is 23.2 Å². The average Bonchev–Trinajstić information content (AvgIpc) is 3.35. The number of alkyl halides is 3. The molecular formula is C25H19F3N6OS2. The summed E-state index contributed by atoms with van der Waals surface area (Å²) in [7, 11) is 0. The lowest BCUT2D eigenvalue weighted by molar-refractivity contribution is -0.137. The Morgan fingerprint density at radius 1 is 1.22 bits per heavy atom. The van der Waals surface area contributed by atoms with Gasteiger partial charge >= 0.3 is 6.18 Å². The summed E-state index contributed by atoms with van der Waals surface area (Å²) < 4.78 is 39.6. The quantitative estimate of drug-likeness (QED) is 0.420. The number of rotatable bonds is 5. The molecule has 3 heterocycles. The molecule has 7 nitrogen and oxygen atoms in total. The molecule has 1 aliphatic carbocycles. The molecule has 2 aromatic heterocycles. The molecule has 5 rings (SSSR count). The Morgan fingerprint density at radius 3 is 2.78 bits per heavy atom. The van der Waals surface area contributed by atoms with Crippen molar-refractivity contribution in [1.29, 1.82) is 5.26 Å². The van der Waals surface area contributed by atoms with E-state index in [1.807, 2.05) is 6.07 Å². The van der Waals surface area contributed by atoms with Gasteiger partial charge in [0.1, 0.15) is 5.82 Å². The number of anilines is 1. The van der Waals surface area contributed by atoms with Crippen molar-refractivity contribution < 1.29 is 18.0 Å².